The molecule has 0 saturated carbocycles. The fourth-order valence-electron chi connectivity index (χ4n) is 1.47. The number of nitrogens with zero attached hydrogens (tertiary/aromatic N) is 1. The minimum absolute atomic E-state index is 0.147. The smallest absolute Gasteiger partial charge is 0.121 e. The van der Waals surface area contributed by atoms with Crippen LogP contribution in [0.25, 0.3) is 0 Å². The van der Waals surface area contributed by atoms with Crippen molar-refractivity contribution in [1.82, 2.24) is 0 Å². The van der Waals surface area contributed by atoms with Gasteiger partial charge in [-0.05, 0) is 26.0 Å². The molecule has 0 fully saturated rings. The van der Waals surface area contributed by atoms with Crippen molar-refractivity contribution in [2.45, 2.75) is 19.9 Å². The molecule has 1 aromatic carbocycles. The summed E-state index contributed by atoms with van der Waals surface area (Å²) in [6.45, 7) is 5.27. The molecule has 0 aromatic heterocycles. The van der Waals surface area contributed by atoms with Gasteiger partial charge in [0.15, 0.2) is 0 Å². The molecule has 4 nitrogen and oxygen atoms in total. The number of hydrogen-bond acceptors (Lipinski definition) is 4. The van der Waals surface area contributed by atoms with Crippen molar-refractivity contribution in [2.24, 2.45) is 0 Å². The quantitative estimate of drug-likeness (QED) is 0.821. The lowest BCUT2D eigenvalue weighted by Crippen LogP contribution is -2.22. The lowest BCUT2D eigenvalue weighted by Gasteiger charge is -2.16. The number of rotatable bonds is 6. The van der Waals surface area contributed by atoms with Gasteiger partial charge in [0.2, 0.25) is 0 Å². The lowest BCUT2D eigenvalue weighted by atomic mass is 10.1. The van der Waals surface area contributed by atoms with Crippen LogP contribution >= 0.6 is 0 Å². The van der Waals surface area contributed by atoms with Gasteiger partial charge in [0, 0.05) is 18.7 Å². The summed E-state index contributed by atoms with van der Waals surface area (Å²) in [5.41, 5.74) is 1.38. The van der Waals surface area contributed by atoms with Crippen LogP contribution in [0.3, 0.4) is 0 Å². The summed E-state index contributed by atoms with van der Waals surface area (Å²) in [6, 6.07) is 7.64. The highest BCUT2D eigenvalue weighted by molar-refractivity contribution is 5.60. The first-order chi connectivity index (χ1) is 8.21. The van der Waals surface area contributed by atoms with E-state index < -0.39 is 0 Å². The predicted octanol–water partition coefficient (Wildman–Crippen LogP) is 2.40. The minimum atomic E-state index is 0.147. The van der Waals surface area contributed by atoms with E-state index in [0.29, 0.717) is 18.8 Å². The molecule has 0 aliphatic rings. The molecule has 1 N–H and O–H groups in total. The summed E-state index contributed by atoms with van der Waals surface area (Å²) in [5.74, 6) is 0.732. The van der Waals surface area contributed by atoms with E-state index in [1.807, 2.05) is 19.9 Å². The third-order valence-corrected chi connectivity index (χ3v) is 2.32. The number of methoxy groups -OCH3 is 1. The van der Waals surface area contributed by atoms with Gasteiger partial charge >= 0.3 is 0 Å². The molecule has 0 aliphatic carbocycles. The lowest BCUT2D eigenvalue weighted by molar-refractivity contribution is 0.141. The first kappa shape index (κ1) is 13.3. The van der Waals surface area contributed by atoms with E-state index in [4.69, 9.17) is 14.7 Å². The fraction of sp³-hybridized carbons (Fsp3) is 0.462. The molecule has 1 aromatic rings. The molecular weight excluding hydrogens is 216 g/mol. The van der Waals surface area contributed by atoms with Crippen LogP contribution in [0.2, 0.25) is 0 Å². The Labute approximate surface area is 102 Å². The van der Waals surface area contributed by atoms with E-state index in [0.717, 1.165) is 11.4 Å². The SMILES string of the molecule is CCOCC(C)Nc1cc(OC)ccc1C#N. The molecular formula is C13H18N2O2. The van der Waals surface area contributed by atoms with E-state index in [1.54, 1.807) is 19.2 Å². The first-order valence-corrected chi connectivity index (χ1v) is 5.63. The van der Waals surface area contributed by atoms with E-state index in [2.05, 4.69) is 11.4 Å². The molecule has 4 heteroatoms. The van der Waals surface area contributed by atoms with Gasteiger partial charge < -0.3 is 14.8 Å². The average Bonchev–Trinajstić information content (AvgIpc) is 2.36. The van der Waals surface area contributed by atoms with E-state index in [9.17, 15) is 0 Å². The molecule has 1 atom stereocenters. The topological polar surface area (TPSA) is 54.3 Å². The van der Waals surface area contributed by atoms with Gasteiger partial charge in [0.05, 0.1) is 25.0 Å². The number of nitrogens with one attached hydrogen (secondary N) is 1. The molecule has 0 saturated heterocycles. The first-order valence-electron chi connectivity index (χ1n) is 5.63. The Hall–Kier alpha value is -1.73. The van der Waals surface area contributed by atoms with Gasteiger partial charge in [0.1, 0.15) is 11.8 Å². The van der Waals surface area contributed by atoms with E-state index >= 15 is 0 Å². The zero-order chi connectivity index (χ0) is 12.7. The van der Waals surface area contributed by atoms with Gasteiger partial charge in [0.25, 0.3) is 0 Å². The Kier molecular flexibility index (Phi) is 5.31. The molecule has 0 radical (unpaired) electrons. The maximum absolute atomic E-state index is 9.01. The van der Waals surface area contributed by atoms with Crippen molar-refractivity contribution in [3.8, 4) is 11.8 Å². The third kappa shape index (κ3) is 3.97. The average molecular weight is 234 g/mol. The Morgan fingerprint density at radius 2 is 2.24 bits per heavy atom. The maximum Gasteiger partial charge on any atom is 0.121 e. The molecule has 17 heavy (non-hydrogen) atoms. The summed E-state index contributed by atoms with van der Waals surface area (Å²) in [5, 5.41) is 12.3. The Balaban J connectivity index is 2.77. The van der Waals surface area contributed by atoms with Crippen LogP contribution in [0, 0.1) is 11.3 Å². The normalized spacial score (nSPS) is 11.6. The molecule has 1 unspecified atom stereocenters. The van der Waals surface area contributed by atoms with E-state index in [1.165, 1.54) is 0 Å². The number of nitriles is 1. The van der Waals surface area contributed by atoms with Crippen molar-refractivity contribution in [3.05, 3.63) is 23.8 Å². The standard InChI is InChI=1S/C13H18N2O2/c1-4-17-9-10(2)15-13-7-12(16-3)6-5-11(13)8-14/h5-7,10,15H,4,9H2,1-3H3. The highest BCUT2D eigenvalue weighted by Gasteiger charge is 2.07. The maximum atomic E-state index is 9.01. The van der Waals surface area contributed by atoms with Crippen LogP contribution < -0.4 is 10.1 Å². The van der Waals surface area contributed by atoms with Crippen LogP contribution in [0.1, 0.15) is 19.4 Å². The largest absolute Gasteiger partial charge is 0.497 e. The fourth-order valence-corrected chi connectivity index (χ4v) is 1.47. The van der Waals surface area contributed by atoms with Gasteiger partial charge in [-0.3, -0.25) is 0 Å². The third-order valence-electron chi connectivity index (χ3n) is 2.32. The molecule has 0 amide bonds. The second-order valence-corrected chi connectivity index (χ2v) is 3.73. The molecule has 0 bridgehead atoms. The summed E-state index contributed by atoms with van der Waals surface area (Å²) in [6.07, 6.45) is 0. The second kappa shape index (κ2) is 6.77. The van der Waals surface area contributed by atoms with Crippen LogP contribution in [-0.2, 0) is 4.74 Å². The van der Waals surface area contributed by atoms with Crippen LogP contribution in [-0.4, -0.2) is 26.4 Å². The van der Waals surface area contributed by atoms with Crippen LogP contribution in [0.4, 0.5) is 5.69 Å². The summed E-state index contributed by atoms with van der Waals surface area (Å²) in [4.78, 5) is 0. The second-order valence-electron chi connectivity index (χ2n) is 3.73. The van der Waals surface area contributed by atoms with Crippen molar-refractivity contribution < 1.29 is 9.47 Å². The number of benzene rings is 1. The van der Waals surface area contributed by atoms with Crippen molar-refractivity contribution in [3.63, 3.8) is 0 Å². The Morgan fingerprint density at radius 3 is 2.82 bits per heavy atom. The number of anilines is 1. The molecule has 0 spiro atoms. The van der Waals surface area contributed by atoms with Crippen LogP contribution in [0.15, 0.2) is 18.2 Å². The monoisotopic (exact) mass is 234 g/mol. The van der Waals surface area contributed by atoms with Crippen molar-refractivity contribution in [2.75, 3.05) is 25.6 Å². The summed E-state index contributed by atoms with van der Waals surface area (Å²) >= 11 is 0. The van der Waals surface area contributed by atoms with E-state index in [-0.39, 0.29) is 6.04 Å². The number of ether oxygens (including phenoxy) is 2. The predicted molar refractivity (Wildman–Crippen MR) is 67.3 cm³/mol. The molecule has 0 heterocycles. The molecule has 0 aliphatic heterocycles. The highest BCUT2D eigenvalue weighted by Crippen LogP contribution is 2.22. The number of hydrogen-bond donors (Lipinski definition) is 1. The Morgan fingerprint density at radius 1 is 1.47 bits per heavy atom. The Bertz CT molecular complexity index is 399. The van der Waals surface area contributed by atoms with Crippen LogP contribution in [0.5, 0.6) is 5.75 Å². The zero-order valence-corrected chi connectivity index (χ0v) is 10.5. The highest BCUT2D eigenvalue weighted by atomic mass is 16.5. The van der Waals surface area contributed by atoms with Gasteiger partial charge in [-0.25, -0.2) is 0 Å². The summed E-state index contributed by atoms with van der Waals surface area (Å²) < 4.78 is 10.5. The van der Waals surface area contributed by atoms with Crippen molar-refractivity contribution in [1.29, 1.82) is 5.26 Å². The molecule has 92 valence electrons. The van der Waals surface area contributed by atoms with Gasteiger partial charge in [-0.15, -0.1) is 0 Å². The minimum Gasteiger partial charge on any atom is -0.497 e. The summed E-state index contributed by atoms with van der Waals surface area (Å²) in [7, 11) is 1.61. The zero-order valence-electron chi connectivity index (χ0n) is 10.5. The van der Waals surface area contributed by atoms with Gasteiger partial charge in [-0.1, -0.05) is 0 Å². The molecule has 1 rings (SSSR count). The van der Waals surface area contributed by atoms with Gasteiger partial charge in [-0.2, -0.15) is 5.26 Å². The van der Waals surface area contributed by atoms with Crippen molar-refractivity contribution >= 4 is 5.69 Å².